The summed E-state index contributed by atoms with van der Waals surface area (Å²) < 4.78 is 5.13. The lowest BCUT2D eigenvalue weighted by molar-refractivity contribution is 0.0400. The standard InChI is InChI=1S/C24H12Cl2O5/c25-21(27)17-9-11-19(15-7-3-1-5-13(15)17)23(29)31-24(30)20-12-10-18(22(26)28)14-6-2-4-8-16(14)20/h1-12H. The maximum atomic E-state index is 12.8. The summed E-state index contributed by atoms with van der Waals surface area (Å²) in [6.07, 6.45) is 0. The van der Waals surface area contributed by atoms with E-state index in [-0.39, 0.29) is 22.3 Å². The third-order valence-electron chi connectivity index (χ3n) is 4.90. The molecule has 31 heavy (non-hydrogen) atoms. The molecule has 7 heteroatoms. The monoisotopic (exact) mass is 450 g/mol. The zero-order chi connectivity index (χ0) is 22.1. The highest BCUT2D eigenvalue weighted by atomic mass is 35.5. The number of fused-ring (bicyclic) bond motifs is 2. The van der Waals surface area contributed by atoms with Gasteiger partial charge in [0.05, 0.1) is 11.1 Å². The van der Waals surface area contributed by atoms with Crippen molar-refractivity contribution in [3.05, 3.63) is 95.1 Å². The molecule has 0 fully saturated rings. The van der Waals surface area contributed by atoms with Gasteiger partial charge in [-0.3, -0.25) is 9.59 Å². The number of esters is 2. The molecule has 0 saturated heterocycles. The zero-order valence-corrected chi connectivity index (χ0v) is 17.2. The Morgan fingerprint density at radius 1 is 0.484 bits per heavy atom. The second-order valence-corrected chi connectivity index (χ2v) is 7.32. The van der Waals surface area contributed by atoms with Crippen LogP contribution < -0.4 is 0 Å². The first-order valence-corrected chi connectivity index (χ1v) is 9.83. The van der Waals surface area contributed by atoms with E-state index in [0.29, 0.717) is 21.5 Å². The predicted molar refractivity (Wildman–Crippen MR) is 118 cm³/mol. The van der Waals surface area contributed by atoms with Crippen molar-refractivity contribution < 1.29 is 23.9 Å². The lowest BCUT2D eigenvalue weighted by Crippen LogP contribution is -2.14. The van der Waals surface area contributed by atoms with E-state index < -0.39 is 22.4 Å². The number of rotatable bonds is 4. The Morgan fingerprint density at radius 3 is 1.10 bits per heavy atom. The normalized spacial score (nSPS) is 10.8. The van der Waals surface area contributed by atoms with Gasteiger partial charge in [0.1, 0.15) is 0 Å². The fourth-order valence-corrected chi connectivity index (χ4v) is 3.82. The van der Waals surface area contributed by atoms with Gasteiger partial charge in [-0.25, -0.2) is 9.59 Å². The van der Waals surface area contributed by atoms with Crippen molar-refractivity contribution in [2.45, 2.75) is 0 Å². The molecule has 0 saturated carbocycles. The first-order valence-electron chi connectivity index (χ1n) is 9.08. The van der Waals surface area contributed by atoms with Gasteiger partial charge in [0.2, 0.25) is 0 Å². The lowest BCUT2D eigenvalue weighted by atomic mass is 9.99. The number of ether oxygens (including phenoxy) is 1. The van der Waals surface area contributed by atoms with Crippen LogP contribution in [0.3, 0.4) is 0 Å². The number of carbonyl (C=O) groups is 4. The van der Waals surface area contributed by atoms with Gasteiger partial charge in [0, 0.05) is 11.1 Å². The van der Waals surface area contributed by atoms with Crippen molar-refractivity contribution in [3.8, 4) is 0 Å². The van der Waals surface area contributed by atoms with Crippen LogP contribution in [-0.4, -0.2) is 22.4 Å². The van der Waals surface area contributed by atoms with Gasteiger partial charge in [-0.2, -0.15) is 0 Å². The summed E-state index contributed by atoms with van der Waals surface area (Å²) >= 11 is 11.3. The average molecular weight is 451 g/mol. The second-order valence-electron chi connectivity index (χ2n) is 6.64. The molecule has 4 aromatic rings. The minimum absolute atomic E-state index is 0.113. The highest BCUT2D eigenvalue weighted by Gasteiger charge is 2.22. The molecule has 0 radical (unpaired) electrons. The fraction of sp³-hybridized carbons (Fsp3) is 0. The largest absolute Gasteiger partial charge is 0.386 e. The third kappa shape index (κ3) is 3.81. The maximum absolute atomic E-state index is 12.8. The van der Waals surface area contributed by atoms with Gasteiger partial charge in [-0.15, -0.1) is 0 Å². The smallest absolute Gasteiger partial charge is 0.346 e. The Morgan fingerprint density at radius 2 is 0.774 bits per heavy atom. The number of carbonyl (C=O) groups excluding carboxylic acids is 4. The molecule has 0 bridgehead atoms. The Kier molecular flexibility index (Phi) is 5.55. The Balaban J connectivity index is 1.73. The topological polar surface area (TPSA) is 77.5 Å². The van der Waals surface area contributed by atoms with E-state index >= 15 is 0 Å². The molecule has 0 spiro atoms. The van der Waals surface area contributed by atoms with E-state index in [1.165, 1.54) is 24.3 Å². The molecule has 0 N–H and O–H groups in total. The van der Waals surface area contributed by atoms with Crippen LogP contribution in [0.25, 0.3) is 21.5 Å². The van der Waals surface area contributed by atoms with E-state index in [9.17, 15) is 19.2 Å². The molecule has 0 heterocycles. The summed E-state index contributed by atoms with van der Waals surface area (Å²) in [4.78, 5) is 48.9. The van der Waals surface area contributed by atoms with Crippen LogP contribution in [0.15, 0.2) is 72.8 Å². The average Bonchev–Trinajstić information content (AvgIpc) is 2.77. The lowest BCUT2D eigenvalue weighted by Gasteiger charge is -2.10. The van der Waals surface area contributed by atoms with Crippen LogP contribution in [0.2, 0.25) is 0 Å². The number of hydrogen-bond acceptors (Lipinski definition) is 5. The third-order valence-corrected chi connectivity index (χ3v) is 5.30. The molecular formula is C24H12Cl2O5. The van der Waals surface area contributed by atoms with Crippen molar-refractivity contribution in [2.75, 3.05) is 0 Å². The maximum Gasteiger partial charge on any atom is 0.346 e. The van der Waals surface area contributed by atoms with Gasteiger partial charge in [-0.1, -0.05) is 48.5 Å². The predicted octanol–water partition coefficient (Wildman–Crippen LogP) is 5.75. The van der Waals surface area contributed by atoms with Crippen molar-refractivity contribution in [1.82, 2.24) is 0 Å². The van der Waals surface area contributed by atoms with E-state index in [2.05, 4.69) is 0 Å². The summed E-state index contributed by atoms with van der Waals surface area (Å²) in [5, 5.41) is 0.485. The van der Waals surface area contributed by atoms with Crippen molar-refractivity contribution in [2.24, 2.45) is 0 Å². The Hall–Kier alpha value is -3.54. The number of halogens is 2. The summed E-state index contributed by atoms with van der Waals surface area (Å²) in [5.41, 5.74) is 0.713. The first kappa shape index (κ1) is 20.7. The van der Waals surface area contributed by atoms with E-state index in [1.807, 2.05) is 0 Å². The number of hydrogen-bond donors (Lipinski definition) is 0. The first-order chi connectivity index (χ1) is 14.9. The molecule has 0 unspecified atom stereocenters. The van der Waals surface area contributed by atoms with Crippen LogP contribution in [0, 0.1) is 0 Å². The summed E-state index contributed by atoms with van der Waals surface area (Å²) in [7, 11) is 0. The summed E-state index contributed by atoms with van der Waals surface area (Å²) in [6, 6.07) is 19.0. The Bertz CT molecular complexity index is 1300. The molecule has 0 aliphatic rings. The Labute approximate surface area is 186 Å². The summed E-state index contributed by atoms with van der Waals surface area (Å²) in [5.74, 6) is -1.76. The van der Waals surface area contributed by atoms with Gasteiger partial charge in [0.25, 0.3) is 10.5 Å². The molecule has 4 rings (SSSR count). The van der Waals surface area contributed by atoms with E-state index in [0.717, 1.165) is 0 Å². The van der Waals surface area contributed by atoms with Crippen molar-refractivity contribution >= 4 is 67.2 Å². The molecule has 0 aliphatic carbocycles. The second kappa shape index (κ2) is 8.30. The molecule has 0 amide bonds. The van der Waals surface area contributed by atoms with Crippen LogP contribution in [0.1, 0.15) is 41.4 Å². The minimum atomic E-state index is -0.878. The van der Waals surface area contributed by atoms with E-state index in [4.69, 9.17) is 27.9 Å². The van der Waals surface area contributed by atoms with Gasteiger partial charge in [0.15, 0.2) is 0 Å². The molecule has 4 aromatic carbocycles. The highest BCUT2D eigenvalue weighted by Crippen LogP contribution is 2.27. The zero-order valence-electron chi connectivity index (χ0n) is 15.7. The van der Waals surface area contributed by atoms with Gasteiger partial charge < -0.3 is 4.74 Å². The van der Waals surface area contributed by atoms with Gasteiger partial charge in [-0.05, 0) is 69.0 Å². The SMILES string of the molecule is O=C(Cl)c1ccc(C(=O)OC(=O)c2ccc(C(=O)Cl)c3ccccc23)c2ccccc12. The van der Waals surface area contributed by atoms with Crippen LogP contribution in [-0.2, 0) is 4.74 Å². The fourth-order valence-electron chi connectivity index (χ4n) is 3.49. The van der Waals surface area contributed by atoms with Crippen LogP contribution in [0.4, 0.5) is 0 Å². The summed E-state index contributed by atoms with van der Waals surface area (Å²) in [6.45, 7) is 0. The number of benzene rings is 4. The highest BCUT2D eigenvalue weighted by molar-refractivity contribution is 6.69. The molecule has 0 aliphatic heterocycles. The van der Waals surface area contributed by atoms with Crippen LogP contribution >= 0.6 is 23.2 Å². The van der Waals surface area contributed by atoms with Crippen molar-refractivity contribution in [3.63, 3.8) is 0 Å². The van der Waals surface area contributed by atoms with Crippen LogP contribution in [0.5, 0.6) is 0 Å². The van der Waals surface area contributed by atoms with Crippen molar-refractivity contribution in [1.29, 1.82) is 0 Å². The molecular weight excluding hydrogens is 439 g/mol. The molecule has 152 valence electrons. The molecule has 5 nitrogen and oxygen atoms in total. The minimum Gasteiger partial charge on any atom is -0.386 e. The molecule has 0 aromatic heterocycles. The van der Waals surface area contributed by atoms with Gasteiger partial charge >= 0.3 is 11.9 Å². The molecule has 0 atom stereocenters. The van der Waals surface area contributed by atoms with E-state index in [1.54, 1.807) is 48.5 Å². The quantitative estimate of drug-likeness (QED) is 0.224.